The fraction of sp³-hybridized carbons (Fsp3) is 0.833. The highest BCUT2D eigenvalue weighted by atomic mass is 16.5. The van der Waals surface area contributed by atoms with E-state index in [2.05, 4.69) is 0 Å². The summed E-state index contributed by atoms with van der Waals surface area (Å²) in [5.74, 6) is -0.705. The van der Waals surface area contributed by atoms with Crippen LogP contribution in [-0.2, 0) is 23.8 Å². The molecule has 0 aliphatic heterocycles. The Morgan fingerprint density at radius 1 is 1.22 bits per heavy atom. The molecule has 0 N–H and O–H groups in total. The van der Waals surface area contributed by atoms with Crippen LogP contribution >= 0.6 is 0 Å². The number of nitrogens with zero attached hydrogens (tertiary/aromatic N) is 1. The molecule has 0 spiro atoms. The maximum absolute atomic E-state index is 12.2. The number of carbonyl (C=O) groups is 2. The summed E-state index contributed by atoms with van der Waals surface area (Å²) in [6.07, 6.45) is 0. The van der Waals surface area contributed by atoms with Crippen molar-refractivity contribution in [2.75, 3.05) is 40.5 Å². The van der Waals surface area contributed by atoms with Crippen molar-refractivity contribution in [1.29, 1.82) is 0 Å². The lowest BCUT2D eigenvalue weighted by Crippen LogP contribution is -2.49. The number of esters is 1. The summed E-state index contributed by atoms with van der Waals surface area (Å²) in [7, 11) is 2.99. The molecule has 0 aromatic rings. The number of methoxy groups -OCH3 is 2. The van der Waals surface area contributed by atoms with Gasteiger partial charge in [0.2, 0.25) is 0 Å². The van der Waals surface area contributed by atoms with E-state index in [1.54, 1.807) is 20.8 Å². The minimum Gasteiger partial charge on any atom is -0.465 e. The van der Waals surface area contributed by atoms with Gasteiger partial charge in [0.1, 0.15) is 12.1 Å². The lowest BCUT2D eigenvalue weighted by molar-refractivity contribution is -0.158. The molecule has 6 heteroatoms. The summed E-state index contributed by atoms with van der Waals surface area (Å²) in [6, 6.07) is 0. The van der Waals surface area contributed by atoms with Crippen molar-refractivity contribution in [2.45, 2.75) is 26.4 Å². The van der Waals surface area contributed by atoms with E-state index in [0.717, 1.165) is 0 Å². The van der Waals surface area contributed by atoms with Crippen molar-refractivity contribution in [3.63, 3.8) is 0 Å². The molecule has 0 atom stereocenters. The second-order valence-corrected chi connectivity index (χ2v) is 4.24. The first-order chi connectivity index (χ1) is 8.38. The Hall–Kier alpha value is -1.14. The fourth-order valence-corrected chi connectivity index (χ4v) is 1.28. The van der Waals surface area contributed by atoms with Gasteiger partial charge in [-0.25, -0.2) is 0 Å². The lowest BCUT2D eigenvalue weighted by atomic mass is 10.1. The van der Waals surface area contributed by atoms with Gasteiger partial charge in [-0.15, -0.1) is 0 Å². The third-order valence-electron chi connectivity index (χ3n) is 2.50. The van der Waals surface area contributed by atoms with Gasteiger partial charge in [0, 0.05) is 20.8 Å². The number of hydrogen-bond donors (Lipinski definition) is 0. The molecule has 0 bridgehead atoms. The minimum atomic E-state index is -0.972. The van der Waals surface area contributed by atoms with Crippen LogP contribution in [0.2, 0.25) is 0 Å². The molecular formula is C12H23NO5. The average Bonchev–Trinajstić information content (AvgIpc) is 2.33. The number of amides is 1. The minimum absolute atomic E-state index is 0.0944. The van der Waals surface area contributed by atoms with Crippen LogP contribution in [-0.4, -0.2) is 62.9 Å². The van der Waals surface area contributed by atoms with Crippen LogP contribution < -0.4 is 0 Å². The number of ether oxygens (including phenoxy) is 3. The molecule has 0 aromatic carbocycles. The number of rotatable bonds is 8. The highest BCUT2D eigenvalue weighted by Gasteiger charge is 2.32. The van der Waals surface area contributed by atoms with Crippen LogP contribution in [0.5, 0.6) is 0 Å². The molecule has 0 fully saturated rings. The predicted octanol–water partition coefficient (Wildman–Crippen LogP) is 0.450. The molecule has 1 amide bonds. The zero-order valence-corrected chi connectivity index (χ0v) is 11.8. The van der Waals surface area contributed by atoms with Crippen molar-refractivity contribution >= 4 is 11.9 Å². The lowest BCUT2D eigenvalue weighted by Gasteiger charge is -2.30. The monoisotopic (exact) mass is 261 g/mol. The molecule has 0 heterocycles. The standard InChI is InChI=1S/C12H23NO5/c1-6-18-10(14)9-13(7-8-16-4)11(15)12(2,3)17-5/h6-9H2,1-5H3. The maximum atomic E-state index is 12.2. The molecular weight excluding hydrogens is 238 g/mol. The van der Waals surface area contributed by atoms with Crippen molar-refractivity contribution in [1.82, 2.24) is 4.90 Å². The van der Waals surface area contributed by atoms with E-state index >= 15 is 0 Å². The topological polar surface area (TPSA) is 65.1 Å². The second kappa shape index (κ2) is 8.05. The number of hydrogen-bond acceptors (Lipinski definition) is 5. The van der Waals surface area contributed by atoms with Crippen LogP contribution in [0.4, 0.5) is 0 Å². The molecule has 0 radical (unpaired) electrons. The fourth-order valence-electron chi connectivity index (χ4n) is 1.28. The summed E-state index contributed by atoms with van der Waals surface area (Å²) >= 11 is 0. The normalized spacial score (nSPS) is 11.2. The molecule has 0 aliphatic rings. The largest absolute Gasteiger partial charge is 0.465 e. The van der Waals surface area contributed by atoms with Gasteiger partial charge in [-0.1, -0.05) is 0 Å². The Morgan fingerprint density at radius 2 is 1.83 bits per heavy atom. The van der Waals surface area contributed by atoms with E-state index in [1.807, 2.05) is 0 Å². The van der Waals surface area contributed by atoms with Crippen LogP contribution in [0.25, 0.3) is 0 Å². The molecule has 0 aliphatic carbocycles. The molecule has 0 saturated heterocycles. The average molecular weight is 261 g/mol. The summed E-state index contributed by atoms with van der Waals surface area (Å²) in [6.45, 7) is 5.90. The Labute approximate surface area is 108 Å². The molecule has 0 saturated carbocycles. The first-order valence-electron chi connectivity index (χ1n) is 5.88. The van der Waals surface area contributed by atoms with E-state index in [4.69, 9.17) is 14.2 Å². The third kappa shape index (κ3) is 5.46. The zero-order valence-electron chi connectivity index (χ0n) is 11.8. The van der Waals surface area contributed by atoms with Crippen molar-refractivity contribution < 1.29 is 23.8 Å². The van der Waals surface area contributed by atoms with Gasteiger partial charge < -0.3 is 19.1 Å². The van der Waals surface area contributed by atoms with Crippen molar-refractivity contribution in [2.24, 2.45) is 0 Å². The Bertz CT molecular complexity index is 278. The second-order valence-electron chi connectivity index (χ2n) is 4.24. The van der Waals surface area contributed by atoms with E-state index < -0.39 is 11.6 Å². The first-order valence-corrected chi connectivity index (χ1v) is 5.88. The Morgan fingerprint density at radius 3 is 2.28 bits per heavy atom. The SMILES string of the molecule is CCOC(=O)CN(CCOC)C(=O)C(C)(C)OC. The maximum Gasteiger partial charge on any atom is 0.325 e. The van der Waals surface area contributed by atoms with Gasteiger partial charge in [-0.05, 0) is 20.8 Å². The molecule has 0 rings (SSSR count). The third-order valence-corrected chi connectivity index (χ3v) is 2.50. The van der Waals surface area contributed by atoms with Crippen molar-refractivity contribution in [3.8, 4) is 0 Å². The molecule has 0 unspecified atom stereocenters. The van der Waals surface area contributed by atoms with E-state index in [0.29, 0.717) is 19.8 Å². The first kappa shape index (κ1) is 16.9. The summed E-state index contributed by atoms with van der Waals surface area (Å²) in [5, 5.41) is 0. The van der Waals surface area contributed by atoms with Gasteiger partial charge in [-0.2, -0.15) is 0 Å². The summed E-state index contributed by atoms with van der Waals surface area (Å²) in [4.78, 5) is 25.0. The highest BCUT2D eigenvalue weighted by molar-refractivity contribution is 5.87. The quantitative estimate of drug-likeness (QED) is 0.594. The van der Waals surface area contributed by atoms with Gasteiger partial charge >= 0.3 is 5.97 Å². The molecule has 106 valence electrons. The van der Waals surface area contributed by atoms with Gasteiger partial charge in [0.25, 0.3) is 5.91 Å². The van der Waals surface area contributed by atoms with Crippen LogP contribution in [0.3, 0.4) is 0 Å². The van der Waals surface area contributed by atoms with Gasteiger partial charge in [0.05, 0.1) is 13.2 Å². The van der Waals surface area contributed by atoms with E-state index in [1.165, 1.54) is 19.1 Å². The van der Waals surface area contributed by atoms with Crippen LogP contribution in [0, 0.1) is 0 Å². The van der Waals surface area contributed by atoms with Crippen molar-refractivity contribution in [3.05, 3.63) is 0 Å². The van der Waals surface area contributed by atoms with Gasteiger partial charge in [-0.3, -0.25) is 9.59 Å². The summed E-state index contributed by atoms with van der Waals surface area (Å²) in [5.41, 5.74) is -0.972. The molecule has 18 heavy (non-hydrogen) atoms. The highest BCUT2D eigenvalue weighted by Crippen LogP contribution is 2.12. The van der Waals surface area contributed by atoms with E-state index in [-0.39, 0.29) is 12.5 Å². The van der Waals surface area contributed by atoms with E-state index in [9.17, 15) is 9.59 Å². The Balaban J connectivity index is 4.66. The smallest absolute Gasteiger partial charge is 0.325 e. The van der Waals surface area contributed by atoms with Gasteiger partial charge in [0.15, 0.2) is 0 Å². The van der Waals surface area contributed by atoms with Crippen LogP contribution in [0.15, 0.2) is 0 Å². The zero-order chi connectivity index (χ0) is 14.2. The summed E-state index contributed by atoms with van der Waals surface area (Å²) < 4.78 is 14.9. The van der Waals surface area contributed by atoms with Crippen LogP contribution in [0.1, 0.15) is 20.8 Å². The number of carbonyl (C=O) groups excluding carboxylic acids is 2. The molecule has 6 nitrogen and oxygen atoms in total. The molecule has 0 aromatic heterocycles. The Kier molecular flexibility index (Phi) is 7.54. The predicted molar refractivity (Wildman–Crippen MR) is 66.2 cm³/mol.